The van der Waals surface area contributed by atoms with Gasteiger partial charge in [-0.05, 0) is 44.4 Å². The van der Waals surface area contributed by atoms with Gasteiger partial charge in [-0.25, -0.2) is 0 Å². The van der Waals surface area contributed by atoms with E-state index < -0.39 is 5.92 Å². The number of carbonyl (C=O) groups excluding carboxylic acids is 1. The van der Waals surface area contributed by atoms with Crippen molar-refractivity contribution in [3.8, 4) is 0 Å². The molecular formula is C15H22N2O3. The van der Waals surface area contributed by atoms with Crippen molar-refractivity contribution in [2.45, 2.75) is 57.8 Å². The lowest BCUT2D eigenvalue weighted by molar-refractivity contribution is -0.145. The summed E-state index contributed by atoms with van der Waals surface area (Å²) in [4.78, 5) is 16.4. The van der Waals surface area contributed by atoms with Crippen molar-refractivity contribution in [1.82, 2.24) is 10.1 Å². The zero-order valence-corrected chi connectivity index (χ0v) is 12.2. The van der Waals surface area contributed by atoms with Gasteiger partial charge in [-0.3, -0.25) is 4.79 Å². The third-order valence-electron chi connectivity index (χ3n) is 4.80. The fraction of sp³-hybridized carbons (Fsp3) is 0.800. The lowest BCUT2D eigenvalue weighted by Gasteiger charge is -2.17. The van der Waals surface area contributed by atoms with Crippen molar-refractivity contribution in [2.24, 2.45) is 11.8 Å². The number of hydrogen-bond donors (Lipinski definition) is 0. The maximum atomic E-state index is 11.9. The number of aromatic nitrogens is 2. The molecule has 2 aliphatic carbocycles. The van der Waals surface area contributed by atoms with E-state index in [1.54, 1.807) is 6.92 Å². The Labute approximate surface area is 119 Å². The Morgan fingerprint density at radius 3 is 2.85 bits per heavy atom. The molecule has 20 heavy (non-hydrogen) atoms. The van der Waals surface area contributed by atoms with Gasteiger partial charge < -0.3 is 9.26 Å². The molecule has 0 saturated heterocycles. The number of nitrogens with zero attached hydrogens (tertiary/aromatic N) is 2. The first-order chi connectivity index (χ1) is 9.72. The predicted octanol–water partition coefficient (Wildman–Crippen LogP) is 3.03. The monoisotopic (exact) mass is 278 g/mol. The van der Waals surface area contributed by atoms with E-state index in [4.69, 9.17) is 9.26 Å². The van der Waals surface area contributed by atoms with Crippen LogP contribution in [0.25, 0.3) is 0 Å². The molecule has 2 saturated carbocycles. The summed E-state index contributed by atoms with van der Waals surface area (Å²) in [5, 5.41) is 4.13. The van der Waals surface area contributed by atoms with Crippen molar-refractivity contribution >= 4 is 5.97 Å². The van der Waals surface area contributed by atoms with E-state index in [0.29, 0.717) is 30.8 Å². The SMILES string of the molecule is CCOC(=O)C(CC)c1nc(C2CC3CCC2C3)no1. The van der Waals surface area contributed by atoms with Gasteiger partial charge in [0.05, 0.1) is 6.61 Å². The fourth-order valence-corrected chi connectivity index (χ4v) is 3.79. The molecule has 1 aromatic rings. The molecule has 5 heteroatoms. The quantitative estimate of drug-likeness (QED) is 0.774. The summed E-state index contributed by atoms with van der Waals surface area (Å²) in [5.74, 6) is 2.53. The van der Waals surface area contributed by atoms with Crippen molar-refractivity contribution in [1.29, 1.82) is 0 Å². The molecule has 2 aliphatic rings. The van der Waals surface area contributed by atoms with Crippen molar-refractivity contribution in [3.05, 3.63) is 11.7 Å². The minimum atomic E-state index is -0.421. The second-order valence-electron chi connectivity index (χ2n) is 5.99. The average molecular weight is 278 g/mol. The topological polar surface area (TPSA) is 65.2 Å². The Bertz CT molecular complexity index is 485. The van der Waals surface area contributed by atoms with Crippen LogP contribution < -0.4 is 0 Å². The third-order valence-corrected chi connectivity index (χ3v) is 4.80. The largest absolute Gasteiger partial charge is 0.465 e. The minimum Gasteiger partial charge on any atom is -0.465 e. The number of rotatable bonds is 5. The molecule has 1 heterocycles. The zero-order valence-electron chi connectivity index (χ0n) is 12.2. The van der Waals surface area contributed by atoms with Crippen molar-refractivity contribution < 1.29 is 14.1 Å². The second kappa shape index (κ2) is 5.54. The second-order valence-corrected chi connectivity index (χ2v) is 5.99. The Morgan fingerprint density at radius 1 is 1.40 bits per heavy atom. The van der Waals surface area contributed by atoms with Gasteiger partial charge in [-0.1, -0.05) is 18.5 Å². The fourth-order valence-electron chi connectivity index (χ4n) is 3.79. The number of fused-ring (bicyclic) bond motifs is 2. The number of esters is 1. The molecule has 2 bridgehead atoms. The molecule has 0 spiro atoms. The summed E-state index contributed by atoms with van der Waals surface area (Å²) in [6.45, 7) is 4.12. The van der Waals surface area contributed by atoms with E-state index >= 15 is 0 Å². The Hall–Kier alpha value is -1.39. The standard InChI is InChI=1S/C15H22N2O3/c1-3-11(15(18)19-4-2)14-16-13(17-20-14)12-8-9-5-6-10(12)7-9/h9-12H,3-8H2,1-2H3. The van der Waals surface area contributed by atoms with Crippen LogP contribution >= 0.6 is 0 Å². The van der Waals surface area contributed by atoms with E-state index in [0.717, 1.165) is 11.7 Å². The molecule has 0 aromatic carbocycles. The highest BCUT2D eigenvalue weighted by molar-refractivity contribution is 5.76. The van der Waals surface area contributed by atoms with E-state index in [9.17, 15) is 4.79 Å². The minimum absolute atomic E-state index is 0.266. The summed E-state index contributed by atoms with van der Waals surface area (Å²) >= 11 is 0. The molecule has 0 radical (unpaired) electrons. The van der Waals surface area contributed by atoms with Gasteiger partial charge in [-0.2, -0.15) is 4.98 Å². The number of hydrogen-bond acceptors (Lipinski definition) is 5. The summed E-state index contributed by atoms with van der Waals surface area (Å²) in [5.41, 5.74) is 0. The first-order valence-corrected chi connectivity index (χ1v) is 7.73. The molecule has 2 fully saturated rings. The zero-order chi connectivity index (χ0) is 14.1. The summed E-state index contributed by atoms with van der Waals surface area (Å²) in [6, 6.07) is 0. The molecule has 0 N–H and O–H groups in total. The molecule has 3 rings (SSSR count). The Morgan fingerprint density at radius 2 is 2.25 bits per heavy atom. The van der Waals surface area contributed by atoms with E-state index in [-0.39, 0.29) is 5.97 Å². The molecule has 110 valence electrons. The average Bonchev–Trinajstić information content (AvgIpc) is 3.15. The molecule has 4 atom stereocenters. The first kappa shape index (κ1) is 13.6. The van der Waals surface area contributed by atoms with Crippen LogP contribution in [0.5, 0.6) is 0 Å². The predicted molar refractivity (Wildman–Crippen MR) is 72.2 cm³/mol. The lowest BCUT2D eigenvalue weighted by atomic mass is 9.88. The van der Waals surface area contributed by atoms with E-state index in [1.165, 1.54) is 25.7 Å². The van der Waals surface area contributed by atoms with Crippen LogP contribution in [0.3, 0.4) is 0 Å². The highest BCUT2D eigenvalue weighted by Crippen LogP contribution is 2.52. The van der Waals surface area contributed by atoms with Crippen LogP contribution in [0, 0.1) is 11.8 Å². The van der Waals surface area contributed by atoms with Gasteiger partial charge >= 0.3 is 5.97 Å². The highest BCUT2D eigenvalue weighted by atomic mass is 16.5. The normalized spacial score (nSPS) is 29.6. The van der Waals surface area contributed by atoms with Gasteiger partial charge in [0.25, 0.3) is 0 Å². The first-order valence-electron chi connectivity index (χ1n) is 7.73. The Balaban J connectivity index is 1.74. The van der Waals surface area contributed by atoms with Gasteiger partial charge in [-0.15, -0.1) is 0 Å². The van der Waals surface area contributed by atoms with Gasteiger partial charge in [0, 0.05) is 5.92 Å². The van der Waals surface area contributed by atoms with Crippen LogP contribution in [0.15, 0.2) is 4.52 Å². The van der Waals surface area contributed by atoms with Crippen LogP contribution in [0.1, 0.15) is 69.5 Å². The summed E-state index contributed by atoms with van der Waals surface area (Å²) in [6.07, 6.45) is 5.75. The highest BCUT2D eigenvalue weighted by Gasteiger charge is 2.42. The third kappa shape index (κ3) is 2.34. The number of ether oxygens (including phenoxy) is 1. The van der Waals surface area contributed by atoms with Crippen molar-refractivity contribution in [2.75, 3.05) is 6.61 Å². The number of carbonyl (C=O) groups is 1. The van der Waals surface area contributed by atoms with E-state index in [1.807, 2.05) is 6.92 Å². The lowest BCUT2D eigenvalue weighted by Crippen LogP contribution is -2.16. The maximum absolute atomic E-state index is 11.9. The molecule has 0 amide bonds. The van der Waals surface area contributed by atoms with Crippen LogP contribution in [0.2, 0.25) is 0 Å². The molecule has 5 nitrogen and oxygen atoms in total. The summed E-state index contributed by atoms with van der Waals surface area (Å²) in [7, 11) is 0. The van der Waals surface area contributed by atoms with Crippen molar-refractivity contribution in [3.63, 3.8) is 0 Å². The van der Waals surface area contributed by atoms with Gasteiger partial charge in [0.15, 0.2) is 5.82 Å². The smallest absolute Gasteiger partial charge is 0.318 e. The maximum Gasteiger partial charge on any atom is 0.318 e. The molecule has 0 aliphatic heterocycles. The van der Waals surface area contributed by atoms with Crippen LogP contribution in [0.4, 0.5) is 0 Å². The molecule has 1 aromatic heterocycles. The molecular weight excluding hydrogens is 256 g/mol. The van der Waals surface area contributed by atoms with Gasteiger partial charge in [0.2, 0.25) is 5.89 Å². The molecule has 4 unspecified atom stereocenters. The van der Waals surface area contributed by atoms with E-state index in [2.05, 4.69) is 10.1 Å². The Kier molecular flexibility index (Phi) is 3.76. The summed E-state index contributed by atoms with van der Waals surface area (Å²) < 4.78 is 10.4. The van der Waals surface area contributed by atoms with Crippen LogP contribution in [-0.4, -0.2) is 22.7 Å². The van der Waals surface area contributed by atoms with Crippen LogP contribution in [-0.2, 0) is 9.53 Å². The van der Waals surface area contributed by atoms with Gasteiger partial charge in [0.1, 0.15) is 5.92 Å².